The number of hydrogen-bond donors (Lipinski definition) is 0. The van der Waals surface area contributed by atoms with Crippen LogP contribution in [0, 0.1) is 5.92 Å². The summed E-state index contributed by atoms with van der Waals surface area (Å²) < 4.78 is 5.45. The Morgan fingerprint density at radius 3 is 2.67 bits per heavy atom. The fourth-order valence-corrected chi connectivity index (χ4v) is 1.82. The van der Waals surface area contributed by atoms with Gasteiger partial charge in [-0.15, -0.1) is 4.89 Å². The number of carbonyl (C=O) groups is 1. The molecule has 4 nitrogen and oxygen atoms in total. The van der Waals surface area contributed by atoms with Gasteiger partial charge in [-0.25, -0.2) is 4.79 Å². The van der Waals surface area contributed by atoms with E-state index in [1.165, 1.54) is 0 Å². The molecule has 1 unspecified atom stereocenters. The van der Waals surface area contributed by atoms with Gasteiger partial charge in [0, 0.05) is 6.42 Å². The van der Waals surface area contributed by atoms with Crippen molar-refractivity contribution in [2.45, 2.75) is 51.2 Å². The molecule has 86 valence electrons. The van der Waals surface area contributed by atoms with E-state index >= 15 is 0 Å². The summed E-state index contributed by atoms with van der Waals surface area (Å²) in [7, 11) is 0. The lowest BCUT2D eigenvalue weighted by Crippen LogP contribution is -2.38. The third kappa shape index (κ3) is 2.69. The summed E-state index contributed by atoms with van der Waals surface area (Å²) in [6.07, 6.45) is 5.87. The highest BCUT2D eigenvalue weighted by Gasteiger charge is 2.34. The molecule has 2 fully saturated rings. The maximum absolute atomic E-state index is 11.4. The van der Waals surface area contributed by atoms with Crippen LogP contribution in [0.1, 0.15) is 45.4 Å². The van der Waals surface area contributed by atoms with Crippen LogP contribution in [0.4, 0.5) is 0 Å². The Labute approximate surface area is 89.8 Å². The first kappa shape index (κ1) is 10.9. The molecule has 0 spiro atoms. The molecule has 0 N–H and O–H groups in total. The van der Waals surface area contributed by atoms with E-state index in [-0.39, 0.29) is 11.9 Å². The first-order valence-electron chi connectivity index (χ1n) is 5.73. The second kappa shape index (κ2) is 4.49. The molecular formula is C11H18O4. The zero-order chi connectivity index (χ0) is 10.7. The number of ether oxygens (including phenoxy) is 1. The lowest BCUT2D eigenvalue weighted by Gasteiger charge is -2.32. The van der Waals surface area contributed by atoms with Crippen molar-refractivity contribution in [3.63, 3.8) is 0 Å². The molecule has 0 aromatic rings. The van der Waals surface area contributed by atoms with E-state index in [1.54, 1.807) is 0 Å². The van der Waals surface area contributed by atoms with Crippen LogP contribution in [-0.4, -0.2) is 18.4 Å². The van der Waals surface area contributed by atoms with Crippen LogP contribution in [0.3, 0.4) is 0 Å². The number of hydrogen-bond acceptors (Lipinski definition) is 4. The molecule has 0 aromatic carbocycles. The monoisotopic (exact) mass is 214 g/mol. The van der Waals surface area contributed by atoms with E-state index in [1.807, 2.05) is 6.92 Å². The minimum atomic E-state index is -0.725. The second-order valence-electron chi connectivity index (χ2n) is 4.55. The number of carbonyl (C=O) groups excluding carboxylic acids is 1. The quantitative estimate of drug-likeness (QED) is 0.533. The van der Waals surface area contributed by atoms with Crippen LogP contribution in [0.15, 0.2) is 0 Å². The molecule has 15 heavy (non-hydrogen) atoms. The fourth-order valence-electron chi connectivity index (χ4n) is 1.82. The molecule has 0 aromatic heterocycles. The van der Waals surface area contributed by atoms with Crippen molar-refractivity contribution in [2.24, 2.45) is 5.92 Å². The summed E-state index contributed by atoms with van der Waals surface area (Å²) in [4.78, 5) is 21.3. The molecule has 1 atom stereocenters. The molecule has 4 heteroatoms. The van der Waals surface area contributed by atoms with E-state index < -0.39 is 5.79 Å². The van der Waals surface area contributed by atoms with Gasteiger partial charge in [-0.1, -0.05) is 6.42 Å². The zero-order valence-electron chi connectivity index (χ0n) is 9.16. The van der Waals surface area contributed by atoms with E-state index in [2.05, 4.69) is 0 Å². The van der Waals surface area contributed by atoms with Crippen molar-refractivity contribution in [2.75, 3.05) is 6.61 Å². The van der Waals surface area contributed by atoms with E-state index in [0.29, 0.717) is 6.61 Å². The molecule has 1 heterocycles. The zero-order valence-corrected chi connectivity index (χ0v) is 9.16. The molecule has 0 radical (unpaired) electrons. The van der Waals surface area contributed by atoms with Crippen molar-refractivity contribution >= 4 is 5.97 Å². The Morgan fingerprint density at radius 2 is 2.13 bits per heavy atom. The molecule has 0 amide bonds. The molecule has 1 saturated heterocycles. The predicted molar refractivity (Wildman–Crippen MR) is 52.7 cm³/mol. The predicted octanol–water partition coefficient (Wildman–Crippen LogP) is 2.18. The van der Waals surface area contributed by atoms with E-state index in [0.717, 1.165) is 38.5 Å². The van der Waals surface area contributed by atoms with Gasteiger partial charge >= 0.3 is 5.97 Å². The van der Waals surface area contributed by atoms with Gasteiger partial charge in [0.2, 0.25) is 5.79 Å². The topological polar surface area (TPSA) is 44.8 Å². The highest BCUT2D eigenvalue weighted by atomic mass is 17.2. The first-order valence-corrected chi connectivity index (χ1v) is 5.73. The normalized spacial score (nSPS) is 32.1. The molecule has 1 aliphatic carbocycles. The van der Waals surface area contributed by atoms with Gasteiger partial charge in [-0.2, -0.15) is 0 Å². The van der Waals surface area contributed by atoms with Gasteiger partial charge in [-0.3, -0.25) is 4.89 Å². The Hall–Kier alpha value is -0.610. The minimum absolute atomic E-state index is 0.0530. The molecule has 1 saturated carbocycles. The summed E-state index contributed by atoms with van der Waals surface area (Å²) in [5, 5.41) is 0. The van der Waals surface area contributed by atoms with Crippen LogP contribution >= 0.6 is 0 Å². The average Bonchev–Trinajstić information content (AvgIpc) is 2.14. The molecule has 2 rings (SSSR count). The third-order valence-electron chi connectivity index (χ3n) is 3.17. The largest absolute Gasteiger partial charge is 0.347 e. The Morgan fingerprint density at radius 1 is 1.33 bits per heavy atom. The second-order valence-corrected chi connectivity index (χ2v) is 4.55. The van der Waals surface area contributed by atoms with E-state index in [4.69, 9.17) is 14.5 Å². The highest BCUT2D eigenvalue weighted by Crippen LogP contribution is 2.30. The third-order valence-corrected chi connectivity index (χ3v) is 3.17. The summed E-state index contributed by atoms with van der Waals surface area (Å²) in [5.41, 5.74) is 0. The summed E-state index contributed by atoms with van der Waals surface area (Å²) in [5.74, 6) is -0.911. The average molecular weight is 214 g/mol. The maximum Gasteiger partial charge on any atom is 0.345 e. The van der Waals surface area contributed by atoms with Gasteiger partial charge in [0.1, 0.15) is 0 Å². The molecule has 2 aliphatic rings. The van der Waals surface area contributed by atoms with Crippen LogP contribution < -0.4 is 0 Å². The van der Waals surface area contributed by atoms with Crippen LogP contribution in [0.2, 0.25) is 0 Å². The van der Waals surface area contributed by atoms with Crippen LogP contribution in [0.25, 0.3) is 0 Å². The Balaban J connectivity index is 1.73. The SMILES string of the molecule is CC1(OOC(=O)C2CCC2)CCCCO1. The van der Waals surface area contributed by atoms with Crippen LogP contribution in [-0.2, 0) is 19.3 Å². The lowest BCUT2D eigenvalue weighted by atomic mass is 9.86. The smallest absolute Gasteiger partial charge is 0.345 e. The Kier molecular flexibility index (Phi) is 3.26. The lowest BCUT2D eigenvalue weighted by molar-refractivity contribution is -0.408. The molecular weight excluding hydrogens is 196 g/mol. The van der Waals surface area contributed by atoms with Gasteiger partial charge in [-0.05, 0) is 32.6 Å². The minimum Gasteiger partial charge on any atom is -0.347 e. The van der Waals surface area contributed by atoms with Crippen LogP contribution in [0.5, 0.6) is 0 Å². The maximum atomic E-state index is 11.4. The molecule has 1 aliphatic heterocycles. The Bertz CT molecular complexity index is 229. The van der Waals surface area contributed by atoms with Crippen molar-refractivity contribution in [1.29, 1.82) is 0 Å². The van der Waals surface area contributed by atoms with Crippen molar-refractivity contribution in [1.82, 2.24) is 0 Å². The van der Waals surface area contributed by atoms with Crippen molar-refractivity contribution in [3.8, 4) is 0 Å². The van der Waals surface area contributed by atoms with E-state index in [9.17, 15) is 4.79 Å². The summed E-state index contributed by atoms with van der Waals surface area (Å²) in [6, 6.07) is 0. The van der Waals surface area contributed by atoms with Gasteiger partial charge in [0.15, 0.2) is 0 Å². The summed E-state index contributed by atoms with van der Waals surface area (Å²) in [6.45, 7) is 2.50. The van der Waals surface area contributed by atoms with Gasteiger partial charge in [0.05, 0.1) is 12.5 Å². The highest BCUT2D eigenvalue weighted by molar-refractivity contribution is 5.72. The summed E-state index contributed by atoms with van der Waals surface area (Å²) >= 11 is 0. The van der Waals surface area contributed by atoms with Gasteiger partial charge in [0.25, 0.3) is 0 Å². The standard InChI is InChI=1S/C11H18O4/c1-11(7-2-3-8-13-11)15-14-10(12)9-5-4-6-9/h9H,2-8H2,1H3. The van der Waals surface area contributed by atoms with Crippen molar-refractivity contribution < 1.29 is 19.3 Å². The first-order chi connectivity index (χ1) is 7.20. The molecule has 0 bridgehead atoms. The van der Waals surface area contributed by atoms with Gasteiger partial charge < -0.3 is 4.74 Å². The fraction of sp³-hybridized carbons (Fsp3) is 0.909. The van der Waals surface area contributed by atoms with Crippen molar-refractivity contribution in [3.05, 3.63) is 0 Å². The number of rotatable bonds is 3.